The lowest BCUT2D eigenvalue weighted by atomic mass is 10.1. The third-order valence-electron chi connectivity index (χ3n) is 4.44. The summed E-state index contributed by atoms with van der Waals surface area (Å²) in [5, 5.41) is 0. The first-order valence-corrected chi connectivity index (χ1v) is 11.3. The van der Waals surface area contributed by atoms with Crippen LogP contribution in [0.1, 0.15) is 24.0 Å². The molecule has 28 heavy (non-hydrogen) atoms. The molecule has 0 radical (unpaired) electrons. The van der Waals surface area contributed by atoms with Crippen LogP contribution < -0.4 is 4.80 Å². The minimum Gasteiger partial charge on any atom is -0.319 e. The Balaban J connectivity index is 1.72. The van der Waals surface area contributed by atoms with Gasteiger partial charge in [0, 0.05) is 13.5 Å². The van der Waals surface area contributed by atoms with Crippen LogP contribution in [-0.2, 0) is 21.7 Å². The molecule has 5 nitrogen and oxygen atoms in total. The molecule has 0 atom stereocenters. The van der Waals surface area contributed by atoms with Crippen LogP contribution in [0.2, 0.25) is 0 Å². The number of benzene rings is 2. The van der Waals surface area contributed by atoms with Crippen molar-refractivity contribution in [1.29, 1.82) is 0 Å². The molecule has 2 aromatic carbocycles. The highest BCUT2D eigenvalue weighted by Crippen LogP contribution is 2.22. The van der Waals surface area contributed by atoms with Crippen LogP contribution in [0.25, 0.3) is 10.2 Å². The first-order chi connectivity index (χ1) is 13.2. The second-order valence-corrected chi connectivity index (χ2v) is 9.84. The summed E-state index contributed by atoms with van der Waals surface area (Å²) in [4.78, 5) is 17.1. The average Bonchev–Trinajstić information content (AvgIpc) is 2.92. The lowest BCUT2D eigenvalue weighted by Gasteiger charge is -2.03. The first kappa shape index (κ1) is 20.4. The number of hydrogen-bond acceptors (Lipinski definition) is 4. The van der Waals surface area contributed by atoms with E-state index in [1.54, 1.807) is 0 Å². The number of aryl methyl sites for hydroxylation is 3. The number of sulfone groups is 1. The molecule has 0 aliphatic rings. The molecule has 0 aliphatic carbocycles. The summed E-state index contributed by atoms with van der Waals surface area (Å²) in [6.07, 6.45) is 0.196. The second kappa shape index (κ2) is 7.97. The highest BCUT2D eigenvalue weighted by atomic mass is 32.2. The fourth-order valence-corrected chi connectivity index (χ4v) is 5.41. The number of thiazole rings is 1. The van der Waals surface area contributed by atoms with Crippen molar-refractivity contribution in [2.24, 2.45) is 12.0 Å². The summed E-state index contributed by atoms with van der Waals surface area (Å²) in [7, 11) is -1.68. The summed E-state index contributed by atoms with van der Waals surface area (Å²) >= 11 is 1.45. The second-order valence-electron chi connectivity index (χ2n) is 6.76. The predicted molar refractivity (Wildman–Crippen MR) is 109 cm³/mol. The van der Waals surface area contributed by atoms with E-state index in [1.165, 1.54) is 23.5 Å². The number of aromatic nitrogens is 1. The van der Waals surface area contributed by atoms with Crippen molar-refractivity contribution < 1.29 is 17.6 Å². The van der Waals surface area contributed by atoms with E-state index in [0.717, 1.165) is 33.5 Å². The van der Waals surface area contributed by atoms with E-state index in [1.807, 2.05) is 25.5 Å². The third kappa shape index (κ3) is 4.39. The van der Waals surface area contributed by atoms with Crippen molar-refractivity contribution in [3.8, 4) is 0 Å². The molecule has 0 unspecified atom stereocenters. The Hall–Kier alpha value is -2.32. The summed E-state index contributed by atoms with van der Waals surface area (Å²) in [5.74, 6) is -1.03. The molecule has 0 spiro atoms. The molecular weight excluding hydrogens is 399 g/mol. The van der Waals surface area contributed by atoms with Crippen LogP contribution in [0, 0.1) is 19.7 Å². The molecule has 0 fully saturated rings. The number of amides is 1. The summed E-state index contributed by atoms with van der Waals surface area (Å²) < 4.78 is 40.4. The lowest BCUT2D eigenvalue weighted by Crippen LogP contribution is -2.14. The van der Waals surface area contributed by atoms with Crippen molar-refractivity contribution in [3.63, 3.8) is 0 Å². The van der Waals surface area contributed by atoms with Gasteiger partial charge in [0.05, 0.1) is 20.9 Å². The molecule has 3 rings (SSSR count). The molecule has 0 saturated heterocycles. The Morgan fingerprint density at radius 3 is 2.54 bits per heavy atom. The van der Waals surface area contributed by atoms with Gasteiger partial charge in [0.15, 0.2) is 14.6 Å². The summed E-state index contributed by atoms with van der Waals surface area (Å²) in [6, 6.07) is 8.83. The zero-order valence-electron chi connectivity index (χ0n) is 15.9. The van der Waals surface area contributed by atoms with Gasteiger partial charge >= 0.3 is 0 Å². The van der Waals surface area contributed by atoms with Crippen molar-refractivity contribution in [2.45, 2.75) is 31.6 Å². The fourth-order valence-electron chi connectivity index (χ4n) is 3.01. The number of halogens is 1. The van der Waals surface area contributed by atoms with Gasteiger partial charge in [0.1, 0.15) is 5.82 Å². The fraction of sp³-hybridized carbons (Fsp3) is 0.300. The normalized spacial score (nSPS) is 12.6. The van der Waals surface area contributed by atoms with E-state index in [9.17, 15) is 17.6 Å². The van der Waals surface area contributed by atoms with E-state index >= 15 is 0 Å². The van der Waals surface area contributed by atoms with Gasteiger partial charge in [-0.05, 0) is 61.7 Å². The van der Waals surface area contributed by atoms with Crippen LogP contribution in [-0.4, -0.2) is 24.6 Å². The average molecular weight is 421 g/mol. The van der Waals surface area contributed by atoms with Crippen LogP contribution in [0.5, 0.6) is 0 Å². The molecular formula is C20H21FN2O3S2. The molecule has 1 aromatic heterocycles. The van der Waals surface area contributed by atoms with Crippen molar-refractivity contribution in [3.05, 3.63) is 58.1 Å². The number of fused-ring (bicyclic) bond motifs is 1. The highest BCUT2D eigenvalue weighted by molar-refractivity contribution is 7.91. The molecule has 8 heteroatoms. The van der Waals surface area contributed by atoms with Gasteiger partial charge < -0.3 is 4.57 Å². The zero-order chi connectivity index (χ0) is 20.5. The summed E-state index contributed by atoms with van der Waals surface area (Å²) in [5.41, 5.74) is 3.30. The highest BCUT2D eigenvalue weighted by Gasteiger charge is 2.15. The molecule has 1 amide bonds. The number of carbonyl (C=O) groups excluding carboxylic acids is 1. The number of rotatable bonds is 5. The monoisotopic (exact) mass is 420 g/mol. The predicted octanol–water partition coefficient (Wildman–Crippen LogP) is 3.68. The SMILES string of the molecule is Cc1cc(C)c2sc(=NC(=O)CCCS(=O)(=O)c3ccc(F)cc3)n(C)c2c1. The molecule has 0 aliphatic heterocycles. The Morgan fingerprint density at radius 1 is 1.18 bits per heavy atom. The molecule has 3 aromatic rings. The van der Waals surface area contributed by atoms with Gasteiger partial charge in [-0.1, -0.05) is 17.4 Å². The smallest absolute Gasteiger partial charge is 0.248 e. The Labute approximate surface area is 167 Å². The first-order valence-electron chi connectivity index (χ1n) is 8.80. The quantitative estimate of drug-likeness (QED) is 0.592. The van der Waals surface area contributed by atoms with Crippen molar-refractivity contribution in [2.75, 3.05) is 5.75 Å². The van der Waals surface area contributed by atoms with E-state index in [-0.39, 0.29) is 29.4 Å². The van der Waals surface area contributed by atoms with E-state index < -0.39 is 15.7 Å². The maximum atomic E-state index is 12.9. The maximum Gasteiger partial charge on any atom is 0.248 e. The van der Waals surface area contributed by atoms with E-state index in [4.69, 9.17) is 0 Å². The molecule has 0 saturated carbocycles. The molecule has 0 bridgehead atoms. The standard InChI is InChI=1S/C20H21FN2O3S2/c1-13-11-14(2)19-17(12-13)23(3)20(27-19)22-18(24)5-4-10-28(25,26)16-8-6-15(21)7-9-16/h6-9,11-12H,4-5,10H2,1-3H3. The van der Waals surface area contributed by atoms with E-state index in [2.05, 4.69) is 17.1 Å². The van der Waals surface area contributed by atoms with Gasteiger partial charge in [-0.15, -0.1) is 0 Å². The number of hydrogen-bond donors (Lipinski definition) is 0. The Bertz CT molecular complexity index is 1210. The molecule has 1 heterocycles. The van der Waals surface area contributed by atoms with Gasteiger partial charge in [0.2, 0.25) is 5.91 Å². The van der Waals surface area contributed by atoms with E-state index in [0.29, 0.717) is 4.80 Å². The van der Waals surface area contributed by atoms with Gasteiger partial charge in [-0.2, -0.15) is 4.99 Å². The van der Waals surface area contributed by atoms with Crippen LogP contribution in [0.3, 0.4) is 0 Å². The van der Waals surface area contributed by atoms with Crippen molar-refractivity contribution in [1.82, 2.24) is 4.57 Å². The Morgan fingerprint density at radius 2 is 1.86 bits per heavy atom. The zero-order valence-corrected chi connectivity index (χ0v) is 17.5. The van der Waals surface area contributed by atoms with Crippen molar-refractivity contribution >= 4 is 37.3 Å². The molecule has 0 N–H and O–H groups in total. The Kier molecular flexibility index (Phi) is 5.81. The number of nitrogens with zero attached hydrogens (tertiary/aromatic N) is 2. The maximum absolute atomic E-state index is 12.9. The largest absolute Gasteiger partial charge is 0.319 e. The summed E-state index contributed by atoms with van der Waals surface area (Å²) in [6.45, 7) is 4.05. The van der Waals surface area contributed by atoms with Gasteiger partial charge in [-0.3, -0.25) is 4.79 Å². The topological polar surface area (TPSA) is 68.5 Å². The lowest BCUT2D eigenvalue weighted by molar-refractivity contribution is -0.118. The molecule has 148 valence electrons. The third-order valence-corrected chi connectivity index (χ3v) is 7.54. The minimum atomic E-state index is -3.55. The minimum absolute atomic E-state index is 0.0344. The van der Waals surface area contributed by atoms with Crippen LogP contribution in [0.4, 0.5) is 4.39 Å². The number of carbonyl (C=O) groups is 1. The van der Waals surface area contributed by atoms with Crippen LogP contribution >= 0.6 is 11.3 Å². The van der Waals surface area contributed by atoms with Gasteiger partial charge in [0.25, 0.3) is 0 Å². The van der Waals surface area contributed by atoms with Crippen LogP contribution in [0.15, 0.2) is 46.3 Å². The van der Waals surface area contributed by atoms with Gasteiger partial charge in [-0.25, -0.2) is 12.8 Å².